The van der Waals surface area contributed by atoms with Gasteiger partial charge in [0.1, 0.15) is 0 Å². The van der Waals surface area contributed by atoms with Gasteiger partial charge in [-0.05, 0) is 60.7 Å². The molecule has 0 spiro atoms. The van der Waals surface area contributed by atoms with E-state index < -0.39 is 0 Å². The third-order valence-corrected chi connectivity index (χ3v) is 6.07. The average Bonchev–Trinajstić information content (AvgIpc) is 3.49. The van der Waals surface area contributed by atoms with E-state index in [-0.39, 0.29) is 5.91 Å². The van der Waals surface area contributed by atoms with E-state index in [2.05, 4.69) is 44.0 Å². The fourth-order valence-corrected chi connectivity index (χ4v) is 4.26. The minimum absolute atomic E-state index is 0.0443. The summed E-state index contributed by atoms with van der Waals surface area (Å²) in [6, 6.07) is 15.3. The van der Waals surface area contributed by atoms with E-state index in [4.69, 9.17) is 5.26 Å². The number of fused-ring (bicyclic) bond motifs is 1. The number of rotatable bonds is 4. The molecule has 1 saturated heterocycles. The Morgan fingerprint density at radius 3 is 2.65 bits per heavy atom. The Bertz CT molecular complexity index is 1240. The third-order valence-electron chi connectivity index (χ3n) is 6.07. The molecule has 1 fully saturated rings. The van der Waals surface area contributed by atoms with Gasteiger partial charge < -0.3 is 9.47 Å². The van der Waals surface area contributed by atoms with Gasteiger partial charge in [-0.3, -0.25) is 9.89 Å². The van der Waals surface area contributed by atoms with Crippen LogP contribution in [0.3, 0.4) is 0 Å². The van der Waals surface area contributed by atoms with Gasteiger partial charge >= 0.3 is 0 Å². The van der Waals surface area contributed by atoms with Crippen LogP contribution in [0.1, 0.15) is 28.8 Å². The van der Waals surface area contributed by atoms with Crippen LogP contribution < -0.4 is 0 Å². The SMILES string of the molecule is N#Cc1ccc(C(=O)N2CCC(Cn3cnc4cc(-c5cn[nH]c5)ccc43)CC2)cc1. The highest BCUT2D eigenvalue weighted by molar-refractivity contribution is 5.94. The number of carbonyl (C=O) groups is 1. The van der Waals surface area contributed by atoms with Crippen molar-refractivity contribution in [3.8, 4) is 17.2 Å². The molecule has 7 nitrogen and oxygen atoms in total. The predicted molar refractivity (Wildman–Crippen MR) is 117 cm³/mol. The highest BCUT2D eigenvalue weighted by Crippen LogP contribution is 2.26. The molecule has 0 unspecified atom stereocenters. The van der Waals surface area contributed by atoms with Crippen LogP contribution in [-0.4, -0.2) is 43.6 Å². The molecule has 154 valence electrons. The number of carbonyl (C=O) groups excluding carboxylic acids is 1. The zero-order valence-corrected chi connectivity index (χ0v) is 17.0. The van der Waals surface area contributed by atoms with Crippen molar-refractivity contribution in [3.05, 3.63) is 72.3 Å². The molecule has 0 aliphatic carbocycles. The monoisotopic (exact) mass is 410 g/mol. The lowest BCUT2D eigenvalue weighted by atomic mass is 9.96. The quantitative estimate of drug-likeness (QED) is 0.553. The van der Waals surface area contributed by atoms with E-state index >= 15 is 0 Å². The number of H-pyrrole nitrogens is 1. The van der Waals surface area contributed by atoms with Crippen LogP contribution in [0.4, 0.5) is 0 Å². The van der Waals surface area contributed by atoms with Crippen LogP contribution in [-0.2, 0) is 6.54 Å². The summed E-state index contributed by atoms with van der Waals surface area (Å²) in [6.45, 7) is 2.40. The van der Waals surface area contributed by atoms with Crippen molar-refractivity contribution in [3.63, 3.8) is 0 Å². The molecular weight excluding hydrogens is 388 g/mol. The largest absolute Gasteiger partial charge is 0.339 e. The smallest absolute Gasteiger partial charge is 0.253 e. The van der Waals surface area contributed by atoms with E-state index in [0.29, 0.717) is 17.0 Å². The molecule has 2 aromatic heterocycles. The number of aromatic nitrogens is 4. The molecule has 0 radical (unpaired) electrons. The first-order valence-corrected chi connectivity index (χ1v) is 10.4. The van der Waals surface area contributed by atoms with Gasteiger partial charge in [-0.2, -0.15) is 10.4 Å². The fourth-order valence-electron chi connectivity index (χ4n) is 4.26. The van der Waals surface area contributed by atoms with Gasteiger partial charge in [0.2, 0.25) is 0 Å². The zero-order valence-electron chi connectivity index (χ0n) is 17.0. The molecule has 7 heteroatoms. The van der Waals surface area contributed by atoms with E-state index in [1.165, 1.54) is 0 Å². The number of nitriles is 1. The van der Waals surface area contributed by atoms with Crippen LogP contribution in [0, 0.1) is 17.2 Å². The number of piperidine rings is 1. The summed E-state index contributed by atoms with van der Waals surface area (Å²) in [5, 5.41) is 15.8. The Kier molecular flexibility index (Phi) is 4.97. The van der Waals surface area contributed by atoms with Crippen LogP contribution in [0.15, 0.2) is 61.2 Å². The molecular formula is C24H22N6O. The highest BCUT2D eigenvalue weighted by atomic mass is 16.2. The lowest BCUT2D eigenvalue weighted by molar-refractivity contribution is 0.0683. The number of nitrogens with zero attached hydrogens (tertiary/aromatic N) is 5. The van der Waals surface area contributed by atoms with Crippen molar-refractivity contribution in [2.24, 2.45) is 5.92 Å². The number of hydrogen-bond donors (Lipinski definition) is 1. The molecule has 1 N–H and O–H groups in total. The minimum atomic E-state index is 0.0443. The number of amides is 1. The Morgan fingerprint density at radius 2 is 1.94 bits per heavy atom. The maximum atomic E-state index is 12.7. The molecule has 1 aliphatic rings. The second kappa shape index (κ2) is 8.07. The molecule has 31 heavy (non-hydrogen) atoms. The summed E-state index contributed by atoms with van der Waals surface area (Å²) >= 11 is 0. The van der Waals surface area contributed by atoms with Gasteiger partial charge in [0.05, 0.1) is 35.2 Å². The Labute approximate surface area is 179 Å². The van der Waals surface area contributed by atoms with E-state index in [1.54, 1.807) is 24.3 Å². The van der Waals surface area contributed by atoms with Crippen molar-refractivity contribution >= 4 is 16.9 Å². The second-order valence-electron chi connectivity index (χ2n) is 8.01. The summed E-state index contributed by atoms with van der Waals surface area (Å²) in [5.41, 5.74) is 5.47. The van der Waals surface area contributed by atoms with Crippen molar-refractivity contribution in [2.75, 3.05) is 13.1 Å². The van der Waals surface area contributed by atoms with Gasteiger partial charge in [0, 0.05) is 37.0 Å². The van der Waals surface area contributed by atoms with Gasteiger partial charge in [0.25, 0.3) is 5.91 Å². The van der Waals surface area contributed by atoms with Gasteiger partial charge in [0.15, 0.2) is 0 Å². The molecule has 0 bridgehead atoms. The fraction of sp³-hybridized carbons (Fsp3) is 0.250. The standard InChI is InChI=1S/C24H22N6O/c25-12-17-1-3-19(4-2-17)24(31)29-9-7-18(8-10-29)15-30-16-26-22-11-20(5-6-23(22)30)21-13-27-28-14-21/h1-6,11,13-14,16,18H,7-10,15H2,(H,27,28). The van der Waals surface area contributed by atoms with E-state index in [1.807, 2.05) is 23.6 Å². The summed E-state index contributed by atoms with van der Waals surface area (Å²) in [5.74, 6) is 0.554. The molecule has 4 aromatic rings. The van der Waals surface area contributed by atoms with Crippen molar-refractivity contribution in [2.45, 2.75) is 19.4 Å². The maximum absolute atomic E-state index is 12.7. The van der Waals surface area contributed by atoms with Crippen LogP contribution >= 0.6 is 0 Å². The van der Waals surface area contributed by atoms with Crippen molar-refractivity contribution in [1.82, 2.24) is 24.6 Å². The van der Waals surface area contributed by atoms with Gasteiger partial charge in [-0.15, -0.1) is 0 Å². The summed E-state index contributed by atoms with van der Waals surface area (Å²) in [4.78, 5) is 19.3. The molecule has 5 rings (SSSR count). The predicted octanol–water partition coefficient (Wildman–Crippen LogP) is 3.85. The Balaban J connectivity index is 1.23. The maximum Gasteiger partial charge on any atom is 0.253 e. The zero-order chi connectivity index (χ0) is 21.2. The number of imidazole rings is 1. The van der Waals surface area contributed by atoms with Gasteiger partial charge in [-0.25, -0.2) is 4.98 Å². The first-order valence-electron chi connectivity index (χ1n) is 10.4. The van der Waals surface area contributed by atoms with Crippen molar-refractivity contribution < 1.29 is 4.79 Å². The molecule has 0 saturated carbocycles. The normalized spacial score (nSPS) is 14.6. The van der Waals surface area contributed by atoms with Crippen LogP contribution in [0.2, 0.25) is 0 Å². The highest BCUT2D eigenvalue weighted by Gasteiger charge is 2.24. The van der Waals surface area contributed by atoms with Crippen LogP contribution in [0.25, 0.3) is 22.2 Å². The number of aromatic amines is 1. The summed E-state index contributed by atoms with van der Waals surface area (Å²) in [6.07, 6.45) is 7.54. The number of likely N-dealkylation sites (tertiary alicyclic amines) is 1. The number of nitrogens with one attached hydrogen (secondary N) is 1. The first-order chi connectivity index (χ1) is 15.2. The molecule has 3 heterocycles. The van der Waals surface area contributed by atoms with Crippen LogP contribution in [0.5, 0.6) is 0 Å². The molecule has 0 atom stereocenters. The average molecular weight is 410 g/mol. The lowest BCUT2D eigenvalue weighted by Crippen LogP contribution is -2.39. The Hall–Kier alpha value is -3.92. The summed E-state index contributed by atoms with van der Waals surface area (Å²) in [7, 11) is 0. The van der Waals surface area contributed by atoms with E-state index in [0.717, 1.165) is 54.6 Å². The van der Waals surface area contributed by atoms with Crippen molar-refractivity contribution in [1.29, 1.82) is 5.26 Å². The molecule has 1 aliphatic heterocycles. The first kappa shape index (κ1) is 19.1. The number of hydrogen-bond acceptors (Lipinski definition) is 4. The topological polar surface area (TPSA) is 90.6 Å². The second-order valence-corrected chi connectivity index (χ2v) is 8.01. The minimum Gasteiger partial charge on any atom is -0.339 e. The number of benzene rings is 2. The third kappa shape index (κ3) is 3.80. The summed E-state index contributed by atoms with van der Waals surface area (Å²) < 4.78 is 2.22. The molecule has 2 aromatic carbocycles. The molecule has 1 amide bonds. The Morgan fingerprint density at radius 1 is 1.13 bits per heavy atom. The van der Waals surface area contributed by atoms with E-state index in [9.17, 15) is 4.79 Å². The lowest BCUT2D eigenvalue weighted by Gasteiger charge is -2.32. The van der Waals surface area contributed by atoms with Gasteiger partial charge in [-0.1, -0.05) is 6.07 Å².